The van der Waals surface area contributed by atoms with Gasteiger partial charge in [0.2, 0.25) is 5.79 Å². The molecule has 0 bridgehead atoms. The molecule has 5 nitrogen and oxygen atoms in total. The number of carbonyl (C=O) groups excluding carboxylic acids is 1. The van der Waals surface area contributed by atoms with Crippen LogP contribution in [0.25, 0.3) is 0 Å². The number of nitrogens with zero attached hydrogens (tertiary/aromatic N) is 1. The Balaban J connectivity index is 1.98. The van der Waals surface area contributed by atoms with E-state index in [-0.39, 0.29) is 11.9 Å². The standard InChI is InChI=1S/C19H26ClNO4Si/c1-18(17(22)23-2)10-11-19(25-26(3,4)5)15(12-18)16(21-24-19)13-6-8-14(20)9-7-13/h6-9,15H,10-12H2,1-5H3. The molecule has 0 aromatic heterocycles. The largest absolute Gasteiger partial charge is 0.469 e. The average Bonchev–Trinajstić information content (AvgIpc) is 2.91. The fourth-order valence-electron chi connectivity index (χ4n) is 3.90. The van der Waals surface area contributed by atoms with Gasteiger partial charge in [0.25, 0.3) is 0 Å². The molecule has 2 aliphatic rings. The minimum absolute atomic E-state index is 0.131. The molecule has 1 heterocycles. The first-order valence-corrected chi connectivity index (χ1v) is 12.7. The van der Waals surface area contributed by atoms with Crippen molar-refractivity contribution in [3.8, 4) is 0 Å². The number of benzene rings is 1. The first kappa shape index (κ1) is 19.4. The smallest absolute Gasteiger partial charge is 0.311 e. The summed E-state index contributed by atoms with van der Waals surface area (Å²) in [7, 11) is -0.459. The molecule has 0 amide bonds. The number of hydrogen-bond acceptors (Lipinski definition) is 5. The van der Waals surface area contributed by atoms with Crippen LogP contribution in [-0.2, 0) is 18.8 Å². The maximum atomic E-state index is 12.4. The van der Waals surface area contributed by atoms with Gasteiger partial charge in [-0.2, -0.15) is 0 Å². The van der Waals surface area contributed by atoms with E-state index in [1.807, 2.05) is 31.2 Å². The number of rotatable bonds is 4. The summed E-state index contributed by atoms with van der Waals surface area (Å²) in [4.78, 5) is 18.3. The van der Waals surface area contributed by atoms with Crippen LogP contribution in [0.5, 0.6) is 0 Å². The number of esters is 1. The Kier molecular flexibility index (Phi) is 4.96. The molecule has 1 fully saturated rings. The predicted octanol–water partition coefficient (Wildman–Crippen LogP) is 4.60. The molecule has 26 heavy (non-hydrogen) atoms. The second-order valence-corrected chi connectivity index (χ2v) is 13.3. The number of methoxy groups -OCH3 is 1. The van der Waals surface area contributed by atoms with Gasteiger partial charge in [0.15, 0.2) is 8.32 Å². The lowest BCUT2D eigenvalue weighted by molar-refractivity contribution is -0.222. The highest BCUT2D eigenvalue weighted by atomic mass is 35.5. The zero-order valence-electron chi connectivity index (χ0n) is 16.0. The van der Waals surface area contributed by atoms with Crippen molar-refractivity contribution < 1.29 is 18.8 Å². The molecule has 1 saturated carbocycles. The lowest BCUT2D eigenvalue weighted by atomic mass is 9.66. The number of hydrogen-bond donors (Lipinski definition) is 0. The molecule has 7 heteroatoms. The number of halogens is 1. The summed E-state index contributed by atoms with van der Waals surface area (Å²) in [5.74, 6) is -1.12. The fraction of sp³-hybridized carbons (Fsp3) is 0.579. The van der Waals surface area contributed by atoms with Crippen LogP contribution in [0.3, 0.4) is 0 Å². The highest BCUT2D eigenvalue weighted by molar-refractivity contribution is 6.69. The molecule has 0 radical (unpaired) electrons. The highest BCUT2D eigenvalue weighted by Crippen LogP contribution is 2.52. The van der Waals surface area contributed by atoms with Crippen molar-refractivity contribution in [2.45, 2.75) is 51.6 Å². The number of ether oxygens (including phenoxy) is 1. The van der Waals surface area contributed by atoms with Crippen molar-refractivity contribution in [1.82, 2.24) is 0 Å². The van der Waals surface area contributed by atoms with Gasteiger partial charge in [0, 0.05) is 11.4 Å². The lowest BCUT2D eigenvalue weighted by Crippen LogP contribution is -2.54. The Morgan fingerprint density at radius 1 is 1.27 bits per heavy atom. The van der Waals surface area contributed by atoms with Crippen LogP contribution in [0.15, 0.2) is 29.4 Å². The molecule has 1 aromatic carbocycles. The van der Waals surface area contributed by atoms with Gasteiger partial charge in [0.05, 0.1) is 24.2 Å². The summed E-state index contributed by atoms with van der Waals surface area (Å²) in [6.45, 7) is 8.36. The zero-order chi connectivity index (χ0) is 19.2. The third-order valence-corrected chi connectivity index (χ3v) is 6.35. The molecule has 3 rings (SSSR count). The summed E-state index contributed by atoms with van der Waals surface area (Å²) in [6.07, 6.45) is 1.82. The fourth-order valence-corrected chi connectivity index (χ4v) is 5.35. The van der Waals surface area contributed by atoms with Gasteiger partial charge < -0.3 is 14.0 Å². The summed E-state index contributed by atoms with van der Waals surface area (Å²) in [6, 6.07) is 7.53. The molecule has 1 aliphatic heterocycles. The van der Waals surface area contributed by atoms with Crippen molar-refractivity contribution >= 4 is 31.6 Å². The van der Waals surface area contributed by atoms with Crippen LogP contribution in [0.4, 0.5) is 0 Å². The average molecular weight is 396 g/mol. The normalized spacial score (nSPS) is 31.0. The second-order valence-electron chi connectivity index (χ2n) is 8.41. The molecule has 0 N–H and O–H groups in total. The summed E-state index contributed by atoms with van der Waals surface area (Å²) < 4.78 is 11.6. The first-order valence-electron chi connectivity index (χ1n) is 8.89. The Labute approximate surface area is 160 Å². The van der Waals surface area contributed by atoms with E-state index in [2.05, 4.69) is 24.8 Å². The molecule has 142 valence electrons. The van der Waals surface area contributed by atoms with Gasteiger partial charge in [0.1, 0.15) is 0 Å². The Morgan fingerprint density at radius 2 is 1.92 bits per heavy atom. The van der Waals surface area contributed by atoms with Crippen molar-refractivity contribution in [1.29, 1.82) is 0 Å². The minimum atomic E-state index is -1.90. The van der Waals surface area contributed by atoms with Gasteiger partial charge in [-0.25, -0.2) is 0 Å². The lowest BCUT2D eigenvalue weighted by Gasteiger charge is -2.46. The maximum absolute atomic E-state index is 12.4. The van der Waals surface area contributed by atoms with Gasteiger partial charge >= 0.3 is 5.97 Å². The van der Waals surface area contributed by atoms with E-state index in [0.29, 0.717) is 24.3 Å². The van der Waals surface area contributed by atoms with Gasteiger partial charge in [-0.1, -0.05) is 28.9 Å². The maximum Gasteiger partial charge on any atom is 0.311 e. The summed E-state index contributed by atoms with van der Waals surface area (Å²) in [5, 5.41) is 5.07. The molecule has 1 aliphatic carbocycles. The van der Waals surface area contributed by atoms with Crippen molar-refractivity contribution in [2.75, 3.05) is 7.11 Å². The molecular formula is C19H26ClNO4Si. The van der Waals surface area contributed by atoms with Crippen molar-refractivity contribution in [3.63, 3.8) is 0 Å². The second kappa shape index (κ2) is 6.66. The molecule has 3 unspecified atom stereocenters. The number of fused-ring (bicyclic) bond motifs is 1. The van der Waals surface area contributed by atoms with Crippen LogP contribution in [0, 0.1) is 11.3 Å². The van der Waals surface area contributed by atoms with Gasteiger partial charge in [-0.3, -0.25) is 4.79 Å². The van der Waals surface area contributed by atoms with Crippen LogP contribution in [-0.4, -0.2) is 32.9 Å². The van der Waals surface area contributed by atoms with Crippen LogP contribution in [0.2, 0.25) is 24.7 Å². The van der Waals surface area contributed by atoms with Gasteiger partial charge in [-0.05, 0) is 57.1 Å². The van der Waals surface area contributed by atoms with E-state index in [1.54, 1.807) is 0 Å². The first-order chi connectivity index (χ1) is 12.1. The third kappa shape index (κ3) is 3.55. The number of carbonyl (C=O) groups is 1. The van der Waals surface area contributed by atoms with Crippen molar-refractivity contribution in [2.24, 2.45) is 16.5 Å². The van der Waals surface area contributed by atoms with Crippen LogP contribution in [0.1, 0.15) is 31.7 Å². The Hall–Kier alpha value is -1.37. The summed E-state index contributed by atoms with van der Waals surface area (Å²) in [5.41, 5.74) is 1.18. The highest BCUT2D eigenvalue weighted by Gasteiger charge is 2.59. The monoisotopic (exact) mass is 395 g/mol. The summed E-state index contributed by atoms with van der Waals surface area (Å²) >= 11 is 6.02. The van der Waals surface area contributed by atoms with Crippen molar-refractivity contribution in [3.05, 3.63) is 34.9 Å². The Bertz CT molecular complexity index is 730. The molecule has 0 saturated heterocycles. The van der Waals surface area contributed by atoms with E-state index in [0.717, 1.165) is 11.3 Å². The van der Waals surface area contributed by atoms with E-state index >= 15 is 0 Å². The number of oxime groups is 1. The predicted molar refractivity (Wildman–Crippen MR) is 104 cm³/mol. The molecular weight excluding hydrogens is 370 g/mol. The minimum Gasteiger partial charge on any atom is -0.469 e. The van der Waals surface area contributed by atoms with E-state index in [9.17, 15) is 4.79 Å². The zero-order valence-corrected chi connectivity index (χ0v) is 17.7. The van der Waals surface area contributed by atoms with Gasteiger partial charge in [-0.15, -0.1) is 0 Å². The van der Waals surface area contributed by atoms with E-state index in [4.69, 9.17) is 25.6 Å². The third-order valence-electron chi connectivity index (χ3n) is 5.14. The van der Waals surface area contributed by atoms with Crippen LogP contribution >= 0.6 is 11.6 Å². The van der Waals surface area contributed by atoms with Crippen LogP contribution < -0.4 is 0 Å². The molecule has 3 atom stereocenters. The van der Waals surface area contributed by atoms with E-state index < -0.39 is 19.5 Å². The van der Waals surface area contributed by atoms with E-state index in [1.165, 1.54) is 7.11 Å². The topological polar surface area (TPSA) is 57.1 Å². The quantitative estimate of drug-likeness (QED) is 0.552. The molecule has 0 spiro atoms. The Morgan fingerprint density at radius 3 is 2.50 bits per heavy atom. The molecule has 1 aromatic rings. The SMILES string of the molecule is COC(=O)C1(C)CCC2(O[Si](C)(C)C)ON=C(c3ccc(Cl)cc3)C2C1.